The van der Waals surface area contributed by atoms with Crippen LogP contribution in [0.2, 0.25) is 0 Å². The van der Waals surface area contributed by atoms with Gasteiger partial charge in [-0.15, -0.1) is 0 Å². The van der Waals surface area contributed by atoms with Crippen LogP contribution >= 0.6 is 0 Å². The molecule has 43 heavy (non-hydrogen) atoms. The van der Waals surface area contributed by atoms with E-state index in [9.17, 15) is 9.59 Å². The van der Waals surface area contributed by atoms with Crippen LogP contribution in [-0.4, -0.2) is 60.2 Å². The Morgan fingerprint density at radius 2 is 1.49 bits per heavy atom. The van der Waals surface area contributed by atoms with Gasteiger partial charge >= 0.3 is 6.09 Å². The third-order valence-corrected chi connectivity index (χ3v) is 7.63. The fourth-order valence-corrected chi connectivity index (χ4v) is 5.48. The summed E-state index contributed by atoms with van der Waals surface area (Å²) in [4.78, 5) is 41.1. The van der Waals surface area contributed by atoms with Crippen molar-refractivity contribution in [3.8, 4) is 11.3 Å². The second-order valence-corrected chi connectivity index (χ2v) is 10.2. The number of pyridine rings is 2. The second kappa shape index (κ2) is 12.7. The van der Waals surface area contributed by atoms with Crippen LogP contribution in [-0.2, 0) is 11.3 Å². The molecular formula is C34H32N6O3. The van der Waals surface area contributed by atoms with E-state index in [0.29, 0.717) is 28.7 Å². The Labute approximate surface area is 250 Å². The summed E-state index contributed by atoms with van der Waals surface area (Å²) < 4.78 is 5.03. The molecule has 5 aromatic rings. The Morgan fingerprint density at radius 3 is 2.19 bits per heavy atom. The van der Waals surface area contributed by atoms with E-state index in [4.69, 9.17) is 9.72 Å². The van der Waals surface area contributed by atoms with E-state index in [2.05, 4.69) is 20.2 Å². The van der Waals surface area contributed by atoms with Crippen LogP contribution in [0, 0.1) is 0 Å². The first-order chi connectivity index (χ1) is 21.1. The fourth-order valence-electron chi connectivity index (χ4n) is 5.48. The number of amides is 2. The molecule has 0 radical (unpaired) electrons. The Hall–Kier alpha value is -5.28. The maximum atomic E-state index is 14.3. The molecular weight excluding hydrogens is 540 g/mol. The number of methoxy groups -OCH3 is 1. The highest BCUT2D eigenvalue weighted by Crippen LogP contribution is 2.32. The lowest BCUT2D eigenvalue weighted by atomic mass is 9.95. The number of carbonyl (C=O) groups is 2. The Balaban J connectivity index is 1.41. The van der Waals surface area contributed by atoms with Crippen LogP contribution in [0.15, 0.2) is 109 Å². The van der Waals surface area contributed by atoms with Crippen molar-refractivity contribution < 1.29 is 14.3 Å². The Bertz CT molecular complexity index is 1710. The molecule has 6 rings (SSSR count). The molecule has 1 fully saturated rings. The highest BCUT2D eigenvalue weighted by atomic mass is 16.5. The van der Waals surface area contributed by atoms with Crippen LogP contribution in [0.3, 0.4) is 0 Å². The number of ether oxygens (including phenoxy) is 1. The predicted octanol–water partition coefficient (Wildman–Crippen LogP) is 5.54. The standard InChI is InChI=1S/C34H32N6O3/c1-43-34(42)40(27-12-6-3-7-13-27)37-33(41)31-28-14-8-9-15-30(28)36-32(25-10-4-2-5-11-25)29(31)24-38-20-22-39(23-21-38)26-16-18-35-19-17-26/h2-19H,20-24H2,1H3,(H,37,41). The van der Waals surface area contributed by atoms with Crippen molar-refractivity contribution in [1.82, 2.24) is 20.3 Å². The molecule has 0 atom stereocenters. The predicted molar refractivity (Wildman–Crippen MR) is 168 cm³/mol. The highest BCUT2D eigenvalue weighted by molar-refractivity contribution is 6.10. The molecule has 2 aromatic heterocycles. The monoisotopic (exact) mass is 572 g/mol. The summed E-state index contributed by atoms with van der Waals surface area (Å²) in [7, 11) is 1.29. The van der Waals surface area contributed by atoms with Crippen LogP contribution in [0.5, 0.6) is 0 Å². The van der Waals surface area contributed by atoms with Gasteiger partial charge in [-0.1, -0.05) is 66.7 Å². The molecule has 9 nitrogen and oxygen atoms in total. The molecule has 1 aliphatic heterocycles. The zero-order valence-electron chi connectivity index (χ0n) is 23.9. The first-order valence-corrected chi connectivity index (χ1v) is 14.2. The van der Waals surface area contributed by atoms with Gasteiger partial charge in [-0.05, 0) is 30.3 Å². The van der Waals surface area contributed by atoms with Crippen LogP contribution in [0.25, 0.3) is 22.2 Å². The van der Waals surface area contributed by atoms with Crippen molar-refractivity contribution in [2.45, 2.75) is 6.54 Å². The number of fused-ring (bicyclic) bond motifs is 1. The lowest BCUT2D eigenvalue weighted by molar-refractivity contribution is 0.0940. The number of benzene rings is 3. The van der Waals surface area contributed by atoms with Crippen molar-refractivity contribution in [3.63, 3.8) is 0 Å². The molecule has 0 saturated carbocycles. The summed E-state index contributed by atoms with van der Waals surface area (Å²) in [6, 6.07) is 30.5. The average Bonchev–Trinajstić information content (AvgIpc) is 3.08. The minimum atomic E-state index is -0.699. The van der Waals surface area contributed by atoms with Crippen molar-refractivity contribution in [1.29, 1.82) is 0 Å². The quantitative estimate of drug-likeness (QED) is 0.267. The molecule has 1 saturated heterocycles. The van der Waals surface area contributed by atoms with E-state index < -0.39 is 12.0 Å². The van der Waals surface area contributed by atoms with E-state index >= 15 is 0 Å². The highest BCUT2D eigenvalue weighted by Gasteiger charge is 2.28. The number of nitrogens with one attached hydrogen (secondary N) is 1. The number of carbonyl (C=O) groups excluding carboxylic acids is 2. The number of nitrogens with zero attached hydrogens (tertiary/aromatic N) is 5. The Morgan fingerprint density at radius 1 is 0.837 bits per heavy atom. The van der Waals surface area contributed by atoms with E-state index in [0.717, 1.165) is 53.7 Å². The SMILES string of the molecule is COC(=O)N(NC(=O)c1c(CN2CCN(c3ccncc3)CC2)c(-c2ccccc2)nc2ccccc12)c1ccccc1. The van der Waals surface area contributed by atoms with Gasteiger partial charge in [0.1, 0.15) is 0 Å². The van der Waals surface area contributed by atoms with Gasteiger partial charge in [0.25, 0.3) is 5.91 Å². The lowest BCUT2D eigenvalue weighted by Gasteiger charge is -2.36. The van der Waals surface area contributed by atoms with Crippen molar-refractivity contribution in [2.75, 3.05) is 43.2 Å². The maximum absolute atomic E-state index is 14.3. The van der Waals surface area contributed by atoms with Gasteiger partial charge in [-0.2, -0.15) is 5.01 Å². The summed E-state index contributed by atoms with van der Waals surface area (Å²) in [5, 5.41) is 1.85. The van der Waals surface area contributed by atoms with Crippen molar-refractivity contribution in [3.05, 3.63) is 121 Å². The van der Waals surface area contributed by atoms with Crippen molar-refractivity contribution >= 4 is 34.3 Å². The first-order valence-electron chi connectivity index (χ1n) is 14.2. The van der Waals surface area contributed by atoms with Crippen LogP contribution < -0.4 is 15.3 Å². The smallest absolute Gasteiger partial charge is 0.433 e. The normalized spacial score (nSPS) is 13.5. The van der Waals surface area contributed by atoms with E-state index in [1.165, 1.54) is 7.11 Å². The summed E-state index contributed by atoms with van der Waals surface area (Å²) in [5.74, 6) is -0.421. The number of hydrazine groups is 1. The van der Waals surface area contributed by atoms with Crippen molar-refractivity contribution in [2.24, 2.45) is 0 Å². The van der Waals surface area contributed by atoms with Gasteiger partial charge in [-0.3, -0.25) is 20.1 Å². The topological polar surface area (TPSA) is 90.9 Å². The van der Waals surface area contributed by atoms with E-state index in [1.807, 2.05) is 85.2 Å². The van der Waals surface area contributed by atoms with Gasteiger partial charge in [0.2, 0.25) is 0 Å². The largest absolute Gasteiger partial charge is 0.451 e. The number of para-hydroxylation sites is 2. The van der Waals surface area contributed by atoms with Gasteiger partial charge in [-0.25, -0.2) is 9.78 Å². The third kappa shape index (κ3) is 6.02. The van der Waals surface area contributed by atoms with Crippen LogP contribution in [0.1, 0.15) is 15.9 Å². The van der Waals surface area contributed by atoms with Gasteiger partial charge in [0, 0.05) is 67.3 Å². The summed E-state index contributed by atoms with van der Waals surface area (Å²) in [6.45, 7) is 3.82. The van der Waals surface area contributed by atoms with Gasteiger partial charge < -0.3 is 9.64 Å². The molecule has 0 bridgehead atoms. The molecule has 0 spiro atoms. The van der Waals surface area contributed by atoms with E-state index in [1.54, 1.807) is 24.3 Å². The zero-order chi connectivity index (χ0) is 29.6. The fraction of sp³-hybridized carbons (Fsp3) is 0.176. The molecule has 1 N–H and O–H groups in total. The summed E-state index contributed by atoms with van der Waals surface area (Å²) in [5.41, 5.74) is 8.11. The van der Waals surface area contributed by atoms with E-state index in [-0.39, 0.29) is 0 Å². The molecule has 216 valence electrons. The first kappa shape index (κ1) is 27.9. The average molecular weight is 573 g/mol. The van der Waals surface area contributed by atoms with Crippen LogP contribution in [0.4, 0.5) is 16.2 Å². The summed E-state index contributed by atoms with van der Waals surface area (Å²) in [6.07, 6.45) is 2.92. The van der Waals surface area contributed by atoms with Gasteiger partial charge in [0.15, 0.2) is 0 Å². The molecule has 3 heterocycles. The molecule has 2 amide bonds. The molecule has 0 unspecified atom stereocenters. The molecule has 0 aliphatic carbocycles. The third-order valence-electron chi connectivity index (χ3n) is 7.63. The number of anilines is 2. The molecule has 1 aliphatic rings. The number of aromatic nitrogens is 2. The number of piperazine rings is 1. The minimum absolute atomic E-state index is 0.421. The van der Waals surface area contributed by atoms with Gasteiger partial charge in [0.05, 0.1) is 29.6 Å². The molecule has 9 heteroatoms. The second-order valence-electron chi connectivity index (χ2n) is 10.2. The summed E-state index contributed by atoms with van der Waals surface area (Å²) >= 11 is 0. The number of rotatable bonds is 6. The zero-order valence-corrected chi connectivity index (χ0v) is 23.9. The number of hydrogen-bond donors (Lipinski definition) is 1. The number of hydrogen-bond acceptors (Lipinski definition) is 7. The Kier molecular flexibility index (Phi) is 8.24. The lowest BCUT2D eigenvalue weighted by Crippen LogP contribution is -2.48. The maximum Gasteiger partial charge on any atom is 0.433 e. The minimum Gasteiger partial charge on any atom is -0.451 e. The molecule has 3 aromatic carbocycles.